The van der Waals surface area contributed by atoms with Crippen molar-refractivity contribution in [1.29, 1.82) is 0 Å². The van der Waals surface area contributed by atoms with Crippen molar-refractivity contribution in [3.05, 3.63) is 29.5 Å². The van der Waals surface area contributed by atoms with Crippen LogP contribution in [-0.4, -0.2) is 63.2 Å². The molecule has 0 unspecified atom stereocenters. The highest BCUT2D eigenvalue weighted by Crippen LogP contribution is 2.42. The molecule has 3 saturated heterocycles. The minimum atomic E-state index is -0.138. The summed E-state index contributed by atoms with van der Waals surface area (Å²) in [6.45, 7) is 2.33. The summed E-state index contributed by atoms with van der Waals surface area (Å²) in [6, 6.07) is 2.02. The first-order valence-electron chi connectivity index (χ1n) is 10.3. The van der Waals surface area contributed by atoms with E-state index in [4.69, 9.17) is 0 Å². The Kier molecular flexibility index (Phi) is 4.77. The number of aryl methyl sites for hydroxylation is 1. The van der Waals surface area contributed by atoms with Gasteiger partial charge in [0.25, 0.3) is 5.91 Å². The average molecular weight is 415 g/mol. The highest BCUT2D eigenvalue weighted by molar-refractivity contribution is 7.13. The number of aromatic nitrogens is 3. The van der Waals surface area contributed by atoms with Crippen LogP contribution in [0.1, 0.15) is 36.2 Å². The second-order valence-corrected chi connectivity index (χ2v) is 9.23. The monoisotopic (exact) mass is 414 g/mol. The van der Waals surface area contributed by atoms with E-state index in [1.807, 2.05) is 11.6 Å². The standard InChI is InChI=1S/C20H26N6O2S/c1-24-16(5-6-23-24)19(28)22-10-17-14-9-13(15-3-2-4-18(27)26(15)17)11-25(12-14)20-21-7-8-29-20/h5-8,13-15,17H,2-4,9-12H2,1H3,(H,22,28)/t13-,14+,15+,17+/m1/s1. The Labute approximate surface area is 173 Å². The van der Waals surface area contributed by atoms with Gasteiger partial charge in [-0.2, -0.15) is 5.10 Å². The highest BCUT2D eigenvalue weighted by Gasteiger charge is 2.49. The van der Waals surface area contributed by atoms with Crippen LogP contribution < -0.4 is 10.2 Å². The number of hydrogen-bond donors (Lipinski definition) is 1. The van der Waals surface area contributed by atoms with Crippen molar-refractivity contribution < 1.29 is 9.59 Å². The lowest BCUT2D eigenvalue weighted by Gasteiger charge is -2.56. The van der Waals surface area contributed by atoms with Gasteiger partial charge in [-0.05, 0) is 37.2 Å². The molecule has 0 spiro atoms. The van der Waals surface area contributed by atoms with Crippen molar-refractivity contribution in [2.45, 2.75) is 37.8 Å². The summed E-state index contributed by atoms with van der Waals surface area (Å²) in [6.07, 6.45) is 7.23. The number of carbonyl (C=O) groups excluding carboxylic acids is 2. The summed E-state index contributed by atoms with van der Waals surface area (Å²) in [4.78, 5) is 34.6. The number of thiazole rings is 1. The third kappa shape index (κ3) is 3.31. The van der Waals surface area contributed by atoms with Gasteiger partial charge in [-0.25, -0.2) is 4.98 Å². The van der Waals surface area contributed by atoms with Gasteiger partial charge < -0.3 is 15.1 Å². The summed E-state index contributed by atoms with van der Waals surface area (Å²) in [5.74, 6) is 0.924. The second-order valence-electron chi connectivity index (χ2n) is 8.35. The molecule has 8 nitrogen and oxygen atoms in total. The molecule has 0 saturated carbocycles. The Morgan fingerprint density at radius 1 is 1.31 bits per heavy atom. The van der Waals surface area contributed by atoms with E-state index in [2.05, 4.69) is 25.2 Å². The Hall–Kier alpha value is -2.42. The quantitative estimate of drug-likeness (QED) is 0.820. The summed E-state index contributed by atoms with van der Waals surface area (Å²) in [7, 11) is 1.76. The highest BCUT2D eigenvalue weighted by atomic mass is 32.1. The minimum Gasteiger partial charge on any atom is -0.349 e. The predicted octanol–water partition coefficient (Wildman–Crippen LogP) is 1.51. The predicted molar refractivity (Wildman–Crippen MR) is 110 cm³/mol. The molecule has 9 heteroatoms. The fraction of sp³-hybridized carbons (Fsp3) is 0.600. The Morgan fingerprint density at radius 2 is 2.17 bits per heavy atom. The van der Waals surface area contributed by atoms with Gasteiger partial charge in [0.2, 0.25) is 5.91 Å². The maximum Gasteiger partial charge on any atom is 0.269 e. The van der Waals surface area contributed by atoms with Crippen LogP contribution in [0.3, 0.4) is 0 Å². The number of anilines is 1. The third-order valence-electron chi connectivity index (χ3n) is 6.71. The first-order chi connectivity index (χ1) is 14.1. The average Bonchev–Trinajstić information content (AvgIpc) is 3.40. The molecule has 3 fully saturated rings. The van der Waals surface area contributed by atoms with Crippen molar-refractivity contribution in [2.75, 3.05) is 24.5 Å². The van der Waals surface area contributed by atoms with Crippen LogP contribution in [0.5, 0.6) is 0 Å². The molecule has 29 heavy (non-hydrogen) atoms. The van der Waals surface area contributed by atoms with E-state index < -0.39 is 0 Å². The maximum atomic E-state index is 12.9. The molecule has 4 atom stereocenters. The number of amides is 2. The molecule has 3 aliphatic heterocycles. The van der Waals surface area contributed by atoms with Crippen LogP contribution in [0.4, 0.5) is 5.13 Å². The van der Waals surface area contributed by atoms with Crippen molar-refractivity contribution in [2.24, 2.45) is 18.9 Å². The molecule has 0 aromatic carbocycles. The van der Waals surface area contributed by atoms with Gasteiger partial charge >= 0.3 is 0 Å². The van der Waals surface area contributed by atoms with Gasteiger partial charge in [0.1, 0.15) is 5.69 Å². The van der Waals surface area contributed by atoms with Crippen molar-refractivity contribution in [1.82, 2.24) is 25.0 Å². The molecule has 0 radical (unpaired) electrons. The molecule has 5 heterocycles. The van der Waals surface area contributed by atoms with E-state index in [0.29, 0.717) is 30.5 Å². The zero-order valence-electron chi connectivity index (χ0n) is 16.5. The van der Waals surface area contributed by atoms with Gasteiger partial charge in [0.15, 0.2) is 5.13 Å². The van der Waals surface area contributed by atoms with Gasteiger partial charge in [-0.3, -0.25) is 14.3 Å². The molecule has 3 aliphatic rings. The van der Waals surface area contributed by atoms with Crippen molar-refractivity contribution >= 4 is 28.3 Å². The fourth-order valence-electron chi connectivity index (χ4n) is 5.45. The van der Waals surface area contributed by atoms with E-state index >= 15 is 0 Å². The number of hydrogen-bond acceptors (Lipinski definition) is 6. The molecule has 2 bridgehead atoms. The minimum absolute atomic E-state index is 0.0315. The Balaban J connectivity index is 1.38. The molecule has 2 amide bonds. The number of nitrogens with zero attached hydrogens (tertiary/aromatic N) is 5. The number of fused-ring (bicyclic) bond motifs is 4. The first-order valence-corrected chi connectivity index (χ1v) is 11.2. The number of carbonyl (C=O) groups is 2. The van der Waals surface area contributed by atoms with Gasteiger partial charge in [-0.1, -0.05) is 0 Å². The molecule has 154 valence electrons. The Bertz CT molecular complexity index is 897. The maximum absolute atomic E-state index is 12.9. The van der Waals surface area contributed by atoms with Crippen molar-refractivity contribution in [3.8, 4) is 0 Å². The lowest BCUT2D eigenvalue weighted by atomic mass is 9.72. The molecule has 2 aromatic rings. The summed E-state index contributed by atoms with van der Waals surface area (Å²) in [5.41, 5.74) is 0.535. The second kappa shape index (κ2) is 7.44. The zero-order valence-corrected chi connectivity index (χ0v) is 17.3. The summed E-state index contributed by atoms with van der Waals surface area (Å²) < 4.78 is 1.58. The largest absolute Gasteiger partial charge is 0.349 e. The van der Waals surface area contributed by atoms with E-state index in [9.17, 15) is 9.59 Å². The SMILES string of the molecule is Cn1nccc1C(=O)NC[C@H]1[C@H]2C[C@H](CN(c3nccs3)C2)[C@@H]2CCCC(=O)N21. The topological polar surface area (TPSA) is 83.4 Å². The van der Waals surface area contributed by atoms with E-state index in [0.717, 1.165) is 37.5 Å². The number of piperidine rings is 3. The lowest BCUT2D eigenvalue weighted by molar-refractivity contribution is -0.148. The van der Waals surface area contributed by atoms with Crippen LogP contribution in [0.25, 0.3) is 0 Å². The van der Waals surface area contributed by atoms with E-state index in [1.165, 1.54) is 0 Å². The van der Waals surface area contributed by atoms with Crippen LogP contribution in [-0.2, 0) is 11.8 Å². The van der Waals surface area contributed by atoms with Gasteiger partial charge in [-0.15, -0.1) is 11.3 Å². The van der Waals surface area contributed by atoms with E-state index in [1.54, 1.807) is 35.3 Å². The summed E-state index contributed by atoms with van der Waals surface area (Å²) in [5, 5.41) is 10.2. The molecule has 5 rings (SSSR count). The number of nitrogens with one attached hydrogen (secondary N) is 1. The lowest BCUT2D eigenvalue weighted by Crippen LogP contribution is -2.67. The first kappa shape index (κ1) is 18.6. The summed E-state index contributed by atoms with van der Waals surface area (Å²) >= 11 is 1.67. The van der Waals surface area contributed by atoms with Gasteiger partial charge in [0, 0.05) is 56.9 Å². The third-order valence-corrected chi connectivity index (χ3v) is 7.54. The molecular formula is C20H26N6O2S. The Morgan fingerprint density at radius 3 is 2.93 bits per heavy atom. The van der Waals surface area contributed by atoms with Crippen LogP contribution in [0, 0.1) is 11.8 Å². The van der Waals surface area contributed by atoms with Crippen LogP contribution >= 0.6 is 11.3 Å². The smallest absolute Gasteiger partial charge is 0.269 e. The van der Waals surface area contributed by atoms with Gasteiger partial charge in [0.05, 0.1) is 6.04 Å². The molecule has 2 aromatic heterocycles. The van der Waals surface area contributed by atoms with Crippen LogP contribution in [0.2, 0.25) is 0 Å². The molecule has 1 N–H and O–H groups in total. The fourth-order valence-corrected chi connectivity index (χ4v) is 6.11. The molecular weight excluding hydrogens is 388 g/mol. The van der Waals surface area contributed by atoms with Crippen LogP contribution in [0.15, 0.2) is 23.8 Å². The van der Waals surface area contributed by atoms with Crippen molar-refractivity contribution in [3.63, 3.8) is 0 Å². The molecule has 0 aliphatic carbocycles. The number of rotatable bonds is 4. The van der Waals surface area contributed by atoms with E-state index in [-0.39, 0.29) is 23.9 Å². The zero-order chi connectivity index (χ0) is 20.0. The normalized spacial score (nSPS) is 28.9.